The number of ether oxygens (including phenoxy) is 1. The summed E-state index contributed by atoms with van der Waals surface area (Å²) >= 11 is 0. The maximum Gasteiger partial charge on any atom is 0.170 e. The maximum atomic E-state index is 9.99. The van der Waals surface area contributed by atoms with E-state index in [-0.39, 0.29) is 5.41 Å². The molecule has 1 heterocycles. The molecule has 0 aliphatic carbocycles. The fraction of sp³-hybridized carbons (Fsp3) is 1.00. The summed E-state index contributed by atoms with van der Waals surface area (Å²) in [6, 6.07) is 0. The molecular weight excluding hydrogens is 140 g/mol. The maximum absolute atomic E-state index is 9.99. The Balaban J connectivity index is 2.74. The quantitative estimate of drug-likeness (QED) is 0.631. The van der Waals surface area contributed by atoms with E-state index in [2.05, 4.69) is 13.8 Å². The van der Waals surface area contributed by atoms with Crippen LogP contribution in [0.4, 0.5) is 0 Å². The van der Waals surface area contributed by atoms with E-state index >= 15 is 0 Å². The second-order valence-electron chi connectivity index (χ2n) is 3.97. The lowest BCUT2D eigenvalue weighted by molar-refractivity contribution is -0.288. The van der Waals surface area contributed by atoms with Crippen LogP contribution in [0.1, 0.15) is 40.0 Å². The molecule has 0 spiro atoms. The summed E-state index contributed by atoms with van der Waals surface area (Å²) in [5.74, 6) is -0.884. The van der Waals surface area contributed by atoms with Gasteiger partial charge >= 0.3 is 0 Å². The summed E-state index contributed by atoms with van der Waals surface area (Å²) in [6.07, 6.45) is 2.80. The van der Waals surface area contributed by atoms with Crippen LogP contribution in [-0.2, 0) is 4.74 Å². The Morgan fingerprint density at radius 3 is 2.45 bits per heavy atom. The van der Waals surface area contributed by atoms with Crippen LogP contribution in [-0.4, -0.2) is 17.5 Å². The minimum absolute atomic E-state index is 0.0833. The van der Waals surface area contributed by atoms with Crippen LogP contribution in [0, 0.1) is 5.41 Å². The first-order chi connectivity index (χ1) is 5.02. The molecule has 0 saturated carbocycles. The first kappa shape index (κ1) is 9.01. The summed E-state index contributed by atoms with van der Waals surface area (Å²) in [7, 11) is 0. The normalized spacial score (nSPS) is 37.1. The monoisotopic (exact) mass is 158 g/mol. The number of hydrogen-bond donors (Lipinski definition) is 1. The van der Waals surface area contributed by atoms with Crippen molar-refractivity contribution in [3.63, 3.8) is 0 Å². The zero-order valence-electron chi connectivity index (χ0n) is 7.68. The second-order valence-corrected chi connectivity index (χ2v) is 3.97. The van der Waals surface area contributed by atoms with Crippen molar-refractivity contribution in [2.75, 3.05) is 6.61 Å². The first-order valence-electron chi connectivity index (χ1n) is 4.38. The lowest BCUT2D eigenvalue weighted by atomic mass is 9.76. The van der Waals surface area contributed by atoms with Gasteiger partial charge in [-0.15, -0.1) is 0 Å². The fourth-order valence-corrected chi connectivity index (χ4v) is 1.73. The average Bonchev–Trinajstić information content (AvgIpc) is 1.95. The standard InChI is InChI=1S/C9H18O2/c1-4-9(10)8(2,3)6-5-7-11-9/h10H,4-7H2,1-3H3. The molecule has 1 N–H and O–H groups in total. The third-order valence-electron chi connectivity index (χ3n) is 2.82. The molecule has 1 rings (SSSR count). The second kappa shape index (κ2) is 2.76. The Hall–Kier alpha value is -0.0800. The third-order valence-corrected chi connectivity index (χ3v) is 2.82. The van der Waals surface area contributed by atoms with Gasteiger partial charge in [-0.3, -0.25) is 0 Å². The van der Waals surface area contributed by atoms with Crippen LogP contribution < -0.4 is 0 Å². The highest BCUT2D eigenvalue weighted by molar-refractivity contribution is 4.87. The highest BCUT2D eigenvalue weighted by Gasteiger charge is 2.45. The van der Waals surface area contributed by atoms with E-state index in [9.17, 15) is 5.11 Å². The van der Waals surface area contributed by atoms with Crippen molar-refractivity contribution < 1.29 is 9.84 Å². The van der Waals surface area contributed by atoms with Gasteiger partial charge in [0.15, 0.2) is 5.79 Å². The minimum atomic E-state index is -0.884. The highest BCUT2D eigenvalue weighted by Crippen LogP contribution is 2.41. The van der Waals surface area contributed by atoms with E-state index in [1.165, 1.54) is 0 Å². The van der Waals surface area contributed by atoms with E-state index in [0.29, 0.717) is 13.0 Å². The van der Waals surface area contributed by atoms with Gasteiger partial charge in [-0.25, -0.2) is 0 Å². The smallest absolute Gasteiger partial charge is 0.170 e. The molecular formula is C9H18O2. The van der Waals surface area contributed by atoms with Gasteiger partial charge < -0.3 is 9.84 Å². The van der Waals surface area contributed by atoms with Crippen LogP contribution >= 0.6 is 0 Å². The lowest BCUT2D eigenvalue weighted by Gasteiger charge is -2.45. The summed E-state index contributed by atoms with van der Waals surface area (Å²) in [4.78, 5) is 0. The Morgan fingerprint density at radius 1 is 1.45 bits per heavy atom. The Labute approximate surface area is 68.6 Å². The number of hydrogen-bond acceptors (Lipinski definition) is 2. The Morgan fingerprint density at radius 2 is 2.09 bits per heavy atom. The molecule has 0 bridgehead atoms. The van der Waals surface area contributed by atoms with Crippen molar-refractivity contribution in [1.29, 1.82) is 0 Å². The first-order valence-corrected chi connectivity index (χ1v) is 4.38. The lowest BCUT2D eigenvalue weighted by Crippen LogP contribution is -2.49. The van der Waals surface area contributed by atoms with Crippen molar-refractivity contribution in [2.24, 2.45) is 5.41 Å². The molecule has 2 heteroatoms. The molecule has 0 amide bonds. The van der Waals surface area contributed by atoms with E-state index in [1.807, 2.05) is 6.92 Å². The molecule has 1 fully saturated rings. The van der Waals surface area contributed by atoms with Crippen LogP contribution in [0.25, 0.3) is 0 Å². The predicted molar refractivity (Wildman–Crippen MR) is 44.2 cm³/mol. The minimum Gasteiger partial charge on any atom is -0.365 e. The molecule has 1 aliphatic heterocycles. The third kappa shape index (κ3) is 1.42. The SMILES string of the molecule is CCC1(O)OCCCC1(C)C. The topological polar surface area (TPSA) is 29.5 Å². The molecule has 66 valence electrons. The summed E-state index contributed by atoms with van der Waals surface area (Å²) in [6.45, 7) is 6.80. The van der Waals surface area contributed by atoms with Crippen molar-refractivity contribution in [3.8, 4) is 0 Å². The molecule has 0 aromatic carbocycles. The molecule has 1 atom stereocenters. The molecule has 0 aromatic heterocycles. The van der Waals surface area contributed by atoms with Gasteiger partial charge in [0, 0.05) is 5.41 Å². The molecule has 11 heavy (non-hydrogen) atoms. The molecule has 1 aliphatic rings. The van der Waals surface area contributed by atoms with Crippen LogP contribution in [0.5, 0.6) is 0 Å². The van der Waals surface area contributed by atoms with Crippen LogP contribution in [0.15, 0.2) is 0 Å². The zero-order chi connectivity index (χ0) is 8.54. The van der Waals surface area contributed by atoms with E-state index < -0.39 is 5.79 Å². The van der Waals surface area contributed by atoms with Crippen LogP contribution in [0.3, 0.4) is 0 Å². The molecule has 2 nitrogen and oxygen atoms in total. The summed E-state index contributed by atoms with van der Waals surface area (Å²) in [5.41, 5.74) is -0.0833. The van der Waals surface area contributed by atoms with E-state index in [0.717, 1.165) is 12.8 Å². The average molecular weight is 158 g/mol. The van der Waals surface area contributed by atoms with Gasteiger partial charge in [0.05, 0.1) is 6.61 Å². The van der Waals surface area contributed by atoms with E-state index in [4.69, 9.17) is 4.74 Å². The Kier molecular flexibility index (Phi) is 2.26. The van der Waals surface area contributed by atoms with Crippen molar-refractivity contribution >= 4 is 0 Å². The number of rotatable bonds is 1. The van der Waals surface area contributed by atoms with Crippen molar-refractivity contribution in [2.45, 2.75) is 45.8 Å². The largest absolute Gasteiger partial charge is 0.365 e. The fourth-order valence-electron chi connectivity index (χ4n) is 1.73. The zero-order valence-corrected chi connectivity index (χ0v) is 7.68. The highest BCUT2D eigenvalue weighted by atomic mass is 16.6. The van der Waals surface area contributed by atoms with Gasteiger partial charge in [-0.1, -0.05) is 20.8 Å². The van der Waals surface area contributed by atoms with Gasteiger partial charge in [0.1, 0.15) is 0 Å². The molecule has 0 radical (unpaired) electrons. The van der Waals surface area contributed by atoms with Gasteiger partial charge in [-0.05, 0) is 19.3 Å². The Bertz CT molecular complexity index is 142. The van der Waals surface area contributed by atoms with E-state index in [1.54, 1.807) is 0 Å². The predicted octanol–water partition coefficient (Wildman–Crippen LogP) is 1.92. The van der Waals surface area contributed by atoms with Gasteiger partial charge in [0.25, 0.3) is 0 Å². The van der Waals surface area contributed by atoms with Crippen LogP contribution in [0.2, 0.25) is 0 Å². The summed E-state index contributed by atoms with van der Waals surface area (Å²) in [5, 5.41) is 9.99. The molecule has 1 unspecified atom stereocenters. The summed E-state index contributed by atoms with van der Waals surface area (Å²) < 4.78 is 5.39. The van der Waals surface area contributed by atoms with Gasteiger partial charge in [-0.2, -0.15) is 0 Å². The van der Waals surface area contributed by atoms with Gasteiger partial charge in [0.2, 0.25) is 0 Å². The molecule has 0 aromatic rings. The van der Waals surface area contributed by atoms with Crippen molar-refractivity contribution in [3.05, 3.63) is 0 Å². The number of aliphatic hydroxyl groups is 1. The van der Waals surface area contributed by atoms with Crippen molar-refractivity contribution in [1.82, 2.24) is 0 Å². The molecule has 1 saturated heterocycles.